The van der Waals surface area contributed by atoms with Gasteiger partial charge in [0.25, 0.3) is 6.43 Å². The largest absolute Gasteiger partial charge is 0.351 e. The van der Waals surface area contributed by atoms with Crippen LogP contribution in [0.15, 0.2) is 61.2 Å². The first-order chi connectivity index (χ1) is 38.2. The third-order valence-electron chi connectivity index (χ3n) is 15.6. The molecule has 0 bridgehead atoms. The van der Waals surface area contributed by atoms with Crippen LogP contribution in [0.1, 0.15) is 147 Å². The van der Waals surface area contributed by atoms with E-state index in [9.17, 15) is 13.6 Å². The van der Waals surface area contributed by atoms with Crippen LogP contribution in [0.5, 0.6) is 0 Å². The summed E-state index contributed by atoms with van der Waals surface area (Å²) in [5, 5.41) is 20.4. The number of hydrogen-bond acceptors (Lipinski definition) is 19. The summed E-state index contributed by atoms with van der Waals surface area (Å²) < 4.78 is 26.0. The van der Waals surface area contributed by atoms with Gasteiger partial charge < -0.3 is 31.9 Å². The molecule has 0 unspecified atom stereocenters. The summed E-state index contributed by atoms with van der Waals surface area (Å²) in [6.45, 7) is 16.7. The van der Waals surface area contributed by atoms with Gasteiger partial charge in [-0.05, 0) is 197 Å². The van der Waals surface area contributed by atoms with Gasteiger partial charge in [-0.3, -0.25) is 4.79 Å². The second kappa shape index (κ2) is 24.7. The molecule has 79 heavy (non-hydrogen) atoms. The van der Waals surface area contributed by atoms with Crippen molar-refractivity contribution in [2.45, 2.75) is 161 Å². The van der Waals surface area contributed by atoms with Crippen LogP contribution in [0.25, 0.3) is 40.6 Å². The second-order valence-electron chi connectivity index (χ2n) is 22.5. The van der Waals surface area contributed by atoms with Crippen LogP contribution in [-0.4, -0.2) is 102 Å². The van der Waals surface area contributed by atoms with Gasteiger partial charge in [-0.2, -0.15) is 44.9 Å². The molecule has 0 aliphatic heterocycles. The van der Waals surface area contributed by atoms with Crippen LogP contribution in [-0.2, 0) is 0 Å². The van der Waals surface area contributed by atoms with Gasteiger partial charge in [0, 0.05) is 36.3 Å². The Morgan fingerprint density at radius 3 is 0.924 bits per heavy atom. The Kier molecular flexibility index (Phi) is 17.2. The highest BCUT2D eigenvalue weighted by Gasteiger charge is 2.33. The Morgan fingerprint density at radius 1 is 0.392 bits per heavy atom. The van der Waals surface area contributed by atoms with E-state index in [1.807, 2.05) is 24.3 Å². The lowest BCUT2D eigenvalue weighted by Crippen LogP contribution is -2.23. The standard InChI is InChI=1S/C20H26N6.C19H24F2N6.C19H24N6O/c1-4-16-6-5-7-17(23-16)18-24-19(21-12(2)14-8-9-14)26-20(25-18)22-13(3)15-10-11-15;1-10(12-6-7-12)22-18-25-17(15-5-3-4-14(24-15)16(20)21)26-19(27-18)23-11(2)13-8-9-13;1-11(13-6-7-13)20-18-23-17(16-5-3-4-15(10-26)22-16)24-19(25-18)21-12(2)14-8-9-14/h4-7,12-15H,1,8-11H2,2-3H3,(H2,21,22,24,25,26);3-5,10-13,16H,6-9H2,1-2H3,(H2,22,23,25,26,27);3-5,10-14H,6-9H2,1-2H3,(H2,20,21,23,24,25)/t12-,13-;10-,11-;11-,12-/m111/s1. The Balaban J connectivity index is 0.000000134. The average molecular weight is 1080 g/mol. The van der Waals surface area contributed by atoms with Gasteiger partial charge in [0.2, 0.25) is 35.7 Å². The summed E-state index contributed by atoms with van der Waals surface area (Å²) >= 11 is 0. The molecule has 6 fully saturated rings. The third-order valence-corrected chi connectivity index (χ3v) is 15.6. The molecule has 12 rings (SSSR count). The highest BCUT2D eigenvalue weighted by Crippen LogP contribution is 2.38. The molecule has 0 radical (unpaired) electrons. The lowest BCUT2D eigenvalue weighted by molar-refractivity contribution is 0.111. The summed E-state index contributed by atoms with van der Waals surface area (Å²) in [6.07, 6.45) is 14.7. The third kappa shape index (κ3) is 15.9. The number of anilines is 6. The maximum Gasteiger partial charge on any atom is 0.280 e. The number of carbonyl (C=O) groups excluding carboxylic acids is 1. The Labute approximate surface area is 461 Å². The lowest BCUT2D eigenvalue weighted by atomic mass is 10.2. The number of pyridine rings is 3. The molecule has 0 spiro atoms. The normalized spacial score (nSPS) is 18.9. The highest BCUT2D eigenvalue weighted by molar-refractivity contribution is 5.73. The number of nitrogens with one attached hydrogen (secondary N) is 6. The molecular weight excluding hydrogens is 1000 g/mol. The van der Waals surface area contributed by atoms with Crippen molar-refractivity contribution in [3.63, 3.8) is 0 Å². The van der Waals surface area contributed by atoms with Crippen LogP contribution in [0, 0.1) is 35.5 Å². The minimum Gasteiger partial charge on any atom is -0.351 e. The van der Waals surface area contributed by atoms with Crippen molar-refractivity contribution in [2.24, 2.45) is 35.5 Å². The Bertz CT molecular complexity index is 2800. The molecule has 416 valence electrons. The summed E-state index contributed by atoms with van der Waals surface area (Å²) in [5.74, 6) is 8.68. The smallest absolute Gasteiger partial charge is 0.280 e. The maximum atomic E-state index is 13.0. The van der Waals surface area contributed by atoms with Crippen molar-refractivity contribution in [2.75, 3.05) is 31.9 Å². The van der Waals surface area contributed by atoms with Gasteiger partial charge in [-0.1, -0.05) is 24.8 Å². The molecule has 0 amide bonds. The van der Waals surface area contributed by atoms with Crippen molar-refractivity contribution in [3.8, 4) is 34.6 Å². The minimum atomic E-state index is -2.63. The molecular formula is C58H74F2N18O. The number of aromatic nitrogens is 12. The fourth-order valence-corrected chi connectivity index (χ4v) is 9.39. The summed E-state index contributed by atoms with van der Waals surface area (Å²) in [5.41, 5.74) is 2.51. The van der Waals surface area contributed by atoms with E-state index >= 15 is 0 Å². The summed E-state index contributed by atoms with van der Waals surface area (Å²) in [7, 11) is 0. The number of halogens is 2. The monoisotopic (exact) mass is 1080 g/mol. The molecule has 6 saturated carbocycles. The van der Waals surface area contributed by atoms with Gasteiger partial charge in [-0.25, -0.2) is 23.7 Å². The molecule has 0 saturated heterocycles. The molecule has 21 heteroatoms. The number of carbonyl (C=O) groups is 1. The van der Waals surface area contributed by atoms with E-state index in [0.717, 1.165) is 29.5 Å². The van der Waals surface area contributed by atoms with Crippen LogP contribution in [0.2, 0.25) is 0 Å². The van der Waals surface area contributed by atoms with E-state index in [4.69, 9.17) is 0 Å². The fraction of sp³-hybridized carbons (Fsp3) is 0.534. The van der Waals surface area contributed by atoms with Crippen molar-refractivity contribution in [1.29, 1.82) is 0 Å². The number of alkyl halides is 2. The number of hydrogen-bond donors (Lipinski definition) is 6. The Hall–Kier alpha value is -7.45. The van der Waals surface area contributed by atoms with Crippen molar-refractivity contribution in [1.82, 2.24) is 59.8 Å². The number of nitrogens with zero attached hydrogens (tertiary/aromatic N) is 12. The number of rotatable bonds is 24. The molecule has 6 N–H and O–H groups in total. The SMILES string of the molecule is C=Cc1cccc(-c2nc(N[C@H](C)C3CC3)nc(N[C@H](C)C3CC3)n2)n1.C[C@@H](Nc1nc(N[C@H](C)C2CC2)nc(-c2cccc(C(F)F)n2)n1)C1CC1.C[C@@H](Nc1nc(N[C@H](C)C2CC2)nc(-c2cccc(C=O)n2)n1)C1CC1. The molecule has 6 atom stereocenters. The van der Waals surface area contributed by atoms with Gasteiger partial charge in [0.05, 0.1) is 5.69 Å². The predicted octanol–water partition coefficient (Wildman–Crippen LogP) is 11.5. The summed E-state index contributed by atoms with van der Waals surface area (Å²) in [6, 6.07) is 17.5. The van der Waals surface area contributed by atoms with E-state index in [-0.39, 0.29) is 17.8 Å². The second-order valence-corrected chi connectivity index (χ2v) is 22.5. The van der Waals surface area contributed by atoms with E-state index in [0.29, 0.717) is 118 Å². The first-order valence-electron chi connectivity index (χ1n) is 28.4. The van der Waals surface area contributed by atoms with Crippen molar-refractivity contribution in [3.05, 3.63) is 78.3 Å². The molecule has 6 aliphatic rings. The van der Waals surface area contributed by atoms with Crippen LogP contribution < -0.4 is 31.9 Å². The predicted molar refractivity (Wildman–Crippen MR) is 304 cm³/mol. The molecule has 0 aromatic carbocycles. The fourth-order valence-electron chi connectivity index (χ4n) is 9.39. The number of aldehydes is 1. The minimum absolute atomic E-state index is 0.259. The zero-order valence-corrected chi connectivity index (χ0v) is 46.1. The molecule has 6 aromatic rings. The maximum absolute atomic E-state index is 13.0. The first kappa shape index (κ1) is 54.9. The van der Waals surface area contributed by atoms with Gasteiger partial charge in [-0.15, -0.1) is 0 Å². The topological polar surface area (TPSA) is 244 Å². The van der Waals surface area contributed by atoms with E-state index in [1.165, 1.54) is 83.1 Å². The van der Waals surface area contributed by atoms with Crippen LogP contribution in [0.3, 0.4) is 0 Å². The first-order valence-corrected chi connectivity index (χ1v) is 28.4. The van der Waals surface area contributed by atoms with Gasteiger partial charge in [0.1, 0.15) is 28.5 Å². The van der Waals surface area contributed by atoms with Gasteiger partial charge in [0.15, 0.2) is 23.8 Å². The average Bonchev–Trinajstić information content (AvgIpc) is 4.27. The zero-order chi connectivity index (χ0) is 55.2. The van der Waals surface area contributed by atoms with Crippen LogP contribution in [0.4, 0.5) is 44.5 Å². The lowest BCUT2D eigenvalue weighted by Gasteiger charge is -2.17. The van der Waals surface area contributed by atoms with Crippen molar-refractivity contribution < 1.29 is 13.6 Å². The van der Waals surface area contributed by atoms with E-state index < -0.39 is 6.43 Å². The highest BCUT2D eigenvalue weighted by atomic mass is 19.3. The van der Waals surface area contributed by atoms with Crippen molar-refractivity contribution >= 4 is 48.1 Å². The summed E-state index contributed by atoms with van der Waals surface area (Å²) in [4.78, 5) is 64.8. The van der Waals surface area contributed by atoms with E-state index in [2.05, 4.69) is 140 Å². The van der Waals surface area contributed by atoms with Crippen LogP contribution >= 0.6 is 0 Å². The molecule has 6 aliphatic carbocycles. The molecule has 19 nitrogen and oxygen atoms in total. The zero-order valence-electron chi connectivity index (χ0n) is 46.1. The quantitative estimate of drug-likeness (QED) is 0.0309. The molecule has 6 aromatic heterocycles. The van der Waals surface area contributed by atoms with E-state index in [1.54, 1.807) is 30.3 Å². The van der Waals surface area contributed by atoms with Gasteiger partial charge >= 0.3 is 0 Å². The molecule has 6 heterocycles. The Morgan fingerprint density at radius 2 is 0.658 bits per heavy atom.